The highest BCUT2D eigenvalue weighted by molar-refractivity contribution is 5.85. The van der Waals surface area contributed by atoms with E-state index in [1.165, 1.54) is 5.56 Å². The molecule has 0 N–H and O–H groups in total. The Balaban J connectivity index is 1.77. The molecule has 0 spiro atoms. The zero-order valence-electron chi connectivity index (χ0n) is 16.6. The van der Waals surface area contributed by atoms with Crippen LogP contribution in [0.15, 0.2) is 67.3 Å². The van der Waals surface area contributed by atoms with Gasteiger partial charge in [-0.05, 0) is 66.5 Å². The smallest absolute Gasteiger partial charge is 0.134 e. The van der Waals surface area contributed by atoms with Crippen LogP contribution in [0.25, 0.3) is 10.8 Å². The van der Waals surface area contributed by atoms with Crippen LogP contribution in [-0.4, -0.2) is 0 Å². The molecule has 0 unspecified atom stereocenters. The summed E-state index contributed by atoms with van der Waals surface area (Å²) < 4.78 is 14.8. The predicted octanol–water partition coefficient (Wildman–Crippen LogP) is 7.23. The molecule has 3 aromatic rings. The van der Waals surface area contributed by atoms with Crippen molar-refractivity contribution in [1.82, 2.24) is 0 Å². The molecule has 0 amide bonds. The van der Waals surface area contributed by atoms with Gasteiger partial charge in [-0.2, -0.15) is 0 Å². The summed E-state index contributed by atoms with van der Waals surface area (Å²) in [6.07, 6.45) is 8.06. The summed E-state index contributed by atoms with van der Waals surface area (Å²) >= 11 is 0. The van der Waals surface area contributed by atoms with Gasteiger partial charge in [0.2, 0.25) is 0 Å². The highest BCUT2D eigenvalue weighted by Crippen LogP contribution is 2.23. The van der Waals surface area contributed by atoms with Crippen molar-refractivity contribution in [2.75, 3.05) is 0 Å². The molecule has 0 heterocycles. The van der Waals surface area contributed by atoms with Gasteiger partial charge in [0.1, 0.15) is 5.82 Å². The Morgan fingerprint density at radius 3 is 2.39 bits per heavy atom. The van der Waals surface area contributed by atoms with Gasteiger partial charge in [-0.1, -0.05) is 68.0 Å². The maximum absolute atomic E-state index is 14.8. The van der Waals surface area contributed by atoms with Gasteiger partial charge in [-0.25, -0.2) is 4.39 Å². The van der Waals surface area contributed by atoms with Gasteiger partial charge in [0.05, 0.1) is 0 Å². The minimum Gasteiger partial charge on any atom is -0.206 e. The first kappa shape index (κ1) is 19.9. The second-order valence-corrected chi connectivity index (χ2v) is 7.21. The molecule has 0 aliphatic rings. The predicted molar refractivity (Wildman–Crippen MR) is 118 cm³/mol. The quantitative estimate of drug-likeness (QED) is 0.234. The van der Waals surface area contributed by atoms with Crippen LogP contribution < -0.4 is 0 Å². The summed E-state index contributed by atoms with van der Waals surface area (Å²) in [5, 5.41) is 1.59. The van der Waals surface area contributed by atoms with Crippen LogP contribution in [0.2, 0.25) is 0 Å². The standard InChI is InChI=1S/C27H27F/c1-3-5-7-9-24-17-18-25-20-23(16-19-26(25)27(24)28)15-14-22-12-10-21(11-13-22)8-6-4-2/h4,10-13,16-20H,2-3,5-9H2,1H3. The van der Waals surface area contributed by atoms with E-state index in [4.69, 9.17) is 0 Å². The highest BCUT2D eigenvalue weighted by Gasteiger charge is 2.07. The summed E-state index contributed by atoms with van der Waals surface area (Å²) in [6.45, 7) is 5.92. The molecular weight excluding hydrogens is 343 g/mol. The van der Waals surface area contributed by atoms with E-state index in [2.05, 4.69) is 49.6 Å². The summed E-state index contributed by atoms with van der Waals surface area (Å²) in [5.74, 6) is 6.33. The Bertz CT molecular complexity index is 1000. The molecule has 0 saturated carbocycles. The van der Waals surface area contributed by atoms with Crippen molar-refractivity contribution in [3.8, 4) is 11.8 Å². The molecule has 0 aliphatic heterocycles. The number of fused-ring (bicyclic) bond motifs is 1. The molecule has 28 heavy (non-hydrogen) atoms. The summed E-state index contributed by atoms with van der Waals surface area (Å²) in [6, 6.07) is 18.0. The number of allylic oxidation sites excluding steroid dienone is 1. The van der Waals surface area contributed by atoms with Crippen molar-refractivity contribution in [3.63, 3.8) is 0 Å². The zero-order valence-corrected chi connectivity index (χ0v) is 16.6. The number of aryl methyl sites for hydroxylation is 2. The minimum absolute atomic E-state index is 0.0803. The second kappa shape index (κ2) is 9.90. The lowest BCUT2D eigenvalue weighted by atomic mass is 10.00. The summed E-state index contributed by atoms with van der Waals surface area (Å²) in [4.78, 5) is 0. The van der Waals surface area contributed by atoms with Crippen molar-refractivity contribution < 1.29 is 4.39 Å². The molecule has 0 radical (unpaired) electrons. The number of unbranched alkanes of at least 4 members (excludes halogenated alkanes) is 2. The highest BCUT2D eigenvalue weighted by atomic mass is 19.1. The fraction of sp³-hybridized carbons (Fsp3) is 0.259. The number of hydrogen-bond donors (Lipinski definition) is 0. The van der Waals surface area contributed by atoms with Crippen LogP contribution in [0.5, 0.6) is 0 Å². The molecule has 1 heteroatoms. The van der Waals surface area contributed by atoms with Gasteiger partial charge in [0.15, 0.2) is 0 Å². The second-order valence-electron chi connectivity index (χ2n) is 7.21. The first-order valence-corrected chi connectivity index (χ1v) is 10.1. The molecule has 142 valence electrons. The number of rotatable bonds is 7. The van der Waals surface area contributed by atoms with E-state index < -0.39 is 0 Å². The minimum atomic E-state index is -0.0803. The SMILES string of the molecule is C=CCCc1ccc(C#Cc2ccc3c(F)c(CCCCC)ccc3c2)cc1. The largest absolute Gasteiger partial charge is 0.206 e. The lowest BCUT2D eigenvalue weighted by Crippen LogP contribution is -1.93. The molecule has 0 aliphatic carbocycles. The van der Waals surface area contributed by atoms with E-state index in [1.807, 2.05) is 36.4 Å². The zero-order chi connectivity index (χ0) is 19.8. The van der Waals surface area contributed by atoms with E-state index in [9.17, 15) is 4.39 Å². The van der Waals surface area contributed by atoms with E-state index in [1.54, 1.807) is 0 Å². The van der Waals surface area contributed by atoms with Crippen LogP contribution in [0.4, 0.5) is 4.39 Å². The van der Waals surface area contributed by atoms with E-state index in [0.717, 1.165) is 60.6 Å². The van der Waals surface area contributed by atoms with Crippen LogP contribution in [0, 0.1) is 17.7 Å². The molecule has 0 aromatic heterocycles. The van der Waals surface area contributed by atoms with Crippen molar-refractivity contribution in [3.05, 3.63) is 95.3 Å². The number of halogens is 1. The molecule has 0 nitrogen and oxygen atoms in total. The van der Waals surface area contributed by atoms with Crippen LogP contribution in [0.3, 0.4) is 0 Å². The van der Waals surface area contributed by atoms with Crippen LogP contribution in [0.1, 0.15) is 54.9 Å². The average molecular weight is 371 g/mol. The molecule has 3 rings (SSSR count). The fourth-order valence-electron chi connectivity index (χ4n) is 3.34. The third-order valence-corrected chi connectivity index (χ3v) is 5.03. The first-order valence-electron chi connectivity index (χ1n) is 10.1. The van der Waals surface area contributed by atoms with Crippen LogP contribution in [-0.2, 0) is 12.8 Å². The lowest BCUT2D eigenvalue weighted by Gasteiger charge is -2.07. The Hall–Kier alpha value is -2.85. The third-order valence-electron chi connectivity index (χ3n) is 5.03. The lowest BCUT2D eigenvalue weighted by molar-refractivity contribution is 0.609. The molecule has 0 bridgehead atoms. The Kier molecular flexibility index (Phi) is 7.04. The third kappa shape index (κ3) is 5.11. The van der Waals surface area contributed by atoms with Gasteiger partial charge in [-0.15, -0.1) is 6.58 Å². The maximum atomic E-state index is 14.8. The van der Waals surface area contributed by atoms with Crippen LogP contribution >= 0.6 is 0 Å². The fourth-order valence-corrected chi connectivity index (χ4v) is 3.34. The van der Waals surface area contributed by atoms with Crippen molar-refractivity contribution in [2.24, 2.45) is 0 Å². The number of benzene rings is 3. The Labute approximate surface area is 168 Å². The molecule has 3 aromatic carbocycles. The van der Waals surface area contributed by atoms with Crippen molar-refractivity contribution >= 4 is 10.8 Å². The van der Waals surface area contributed by atoms with E-state index in [-0.39, 0.29) is 5.82 Å². The Morgan fingerprint density at radius 2 is 1.64 bits per heavy atom. The monoisotopic (exact) mass is 370 g/mol. The topological polar surface area (TPSA) is 0 Å². The van der Waals surface area contributed by atoms with Crippen molar-refractivity contribution in [1.29, 1.82) is 0 Å². The summed E-state index contributed by atoms with van der Waals surface area (Å²) in [5.41, 5.74) is 4.00. The molecular formula is C27H27F. The Morgan fingerprint density at radius 1 is 0.893 bits per heavy atom. The van der Waals surface area contributed by atoms with Crippen molar-refractivity contribution in [2.45, 2.75) is 45.4 Å². The number of hydrogen-bond acceptors (Lipinski definition) is 0. The molecule has 0 atom stereocenters. The van der Waals surface area contributed by atoms with Gasteiger partial charge in [0, 0.05) is 16.5 Å². The van der Waals surface area contributed by atoms with Gasteiger partial charge >= 0.3 is 0 Å². The first-order chi connectivity index (χ1) is 13.7. The normalized spacial score (nSPS) is 10.5. The maximum Gasteiger partial charge on any atom is 0.134 e. The molecule has 0 saturated heterocycles. The molecule has 0 fully saturated rings. The summed E-state index contributed by atoms with van der Waals surface area (Å²) in [7, 11) is 0. The van der Waals surface area contributed by atoms with Gasteiger partial charge < -0.3 is 0 Å². The van der Waals surface area contributed by atoms with Gasteiger partial charge in [0.25, 0.3) is 0 Å². The van der Waals surface area contributed by atoms with Gasteiger partial charge in [-0.3, -0.25) is 0 Å². The van der Waals surface area contributed by atoms with E-state index in [0.29, 0.717) is 5.39 Å². The van der Waals surface area contributed by atoms with E-state index >= 15 is 0 Å². The average Bonchev–Trinajstić information content (AvgIpc) is 2.73.